The summed E-state index contributed by atoms with van der Waals surface area (Å²) >= 11 is 0. The Labute approximate surface area is 143 Å². The first-order valence-corrected chi connectivity index (χ1v) is 9.09. The molecular weight excluding hydrogens is 304 g/mol. The van der Waals surface area contributed by atoms with E-state index >= 15 is 0 Å². The molecule has 0 amide bonds. The molecule has 24 heavy (non-hydrogen) atoms. The highest BCUT2D eigenvalue weighted by atomic mass is 16.6. The fraction of sp³-hybridized carbons (Fsp3) is 0.667. The summed E-state index contributed by atoms with van der Waals surface area (Å²) in [5.41, 5.74) is 1.90. The molecule has 3 fully saturated rings. The lowest BCUT2D eigenvalue weighted by Gasteiger charge is -2.50. The van der Waals surface area contributed by atoms with Crippen LogP contribution in [0.1, 0.15) is 25.7 Å². The third kappa shape index (κ3) is 3.00. The lowest BCUT2D eigenvalue weighted by molar-refractivity contribution is -0.384. The van der Waals surface area contributed by atoms with E-state index in [-0.39, 0.29) is 10.6 Å². The Balaban J connectivity index is 1.29. The quantitative estimate of drug-likeness (QED) is 0.680. The molecule has 0 atom stereocenters. The molecule has 1 N–H and O–H groups in total. The molecule has 0 bridgehead atoms. The van der Waals surface area contributed by atoms with Crippen LogP contribution >= 0.6 is 0 Å². The van der Waals surface area contributed by atoms with Crippen molar-refractivity contribution in [2.24, 2.45) is 5.41 Å². The van der Waals surface area contributed by atoms with Crippen molar-refractivity contribution in [1.29, 1.82) is 0 Å². The molecule has 3 aliphatic rings. The van der Waals surface area contributed by atoms with Crippen molar-refractivity contribution in [2.75, 3.05) is 44.2 Å². The first-order chi connectivity index (χ1) is 11.7. The van der Waals surface area contributed by atoms with E-state index in [4.69, 9.17) is 0 Å². The Kier molecular flexibility index (Phi) is 4.18. The summed E-state index contributed by atoms with van der Waals surface area (Å²) in [7, 11) is 0. The highest BCUT2D eigenvalue weighted by Crippen LogP contribution is 2.40. The van der Waals surface area contributed by atoms with E-state index in [1.165, 1.54) is 38.8 Å². The molecule has 6 nitrogen and oxygen atoms in total. The van der Waals surface area contributed by atoms with Crippen LogP contribution in [-0.2, 0) is 0 Å². The van der Waals surface area contributed by atoms with Crippen LogP contribution in [0.15, 0.2) is 24.3 Å². The summed E-state index contributed by atoms with van der Waals surface area (Å²) in [6.45, 7) is 6.70. The Morgan fingerprint density at radius 2 is 1.67 bits per heavy atom. The van der Waals surface area contributed by atoms with Gasteiger partial charge in [-0.25, -0.2) is 0 Å². The van der Waals surface area contributed by atoms with Gasteiger partial charge in [-0.2, -0.15) is 0 Å². The van der Waals surface area contributed by atoms with Gasteiger partial charge in [0.1, 0.15) is 0 Å². The minimum absolute atomic E-state index is 0.166. The second-order valence-electron chi connectivity index (χ2n) is 7.63. The van der Waals surface area contributed by atoms with E-state index in [1.54, 1.807) is 12.1 Å². The van der Waals surface area contributed by atoms with Crippen LogP contribution in [-0.4, -0.2) is 55.1 Å². The minimum atomic E-state index is -0.338. The van der Waals surface area contributed by atoms with Gasteiger partial charge in [0, 0.05) is 63.1 Å². The molecule has 6 heteroatoms. The van der Waals surface area contributed by atoms with E-state index < -0.39 is 0 Å². The summed E-state index contributed by atoms with van der Waals surface area (Å²) in [6.07, 6.45) is 5.46. The topological polar surface area (TPSA) is 61.7 Å². The molecule has 1 aliphatic carbocycles. The summed E-state index contributed by atoms with van der Waals surface area (Å²) in [5.74, 6) is 0. The molecular formula is C18H26N4O2. The Morgan fingerprint density at radius 3 is 2.17 bits per heavy atom. The smallest absolute Gasteiger partial charge is 0.269 e. The molecule has 2 aliphatic heterocycles. The SMILES string of the molecule is O=[N+]([O-])c1ccc(N2CCN(C3CCC4(CC3)CNC4)CC2)cc1. The molecule has 2 heterocycles. The summed E-state index contributed by atoms with van der Waals surface area (Å²) in [6, 6.07) is 7.73. The van der Waals surface area contributed by atoms with Crippen LogP contribution in [0, 0.1) is 15.5 Å². The summed E-state index contributed by atoms with van der Waals surface area (Å²) in [4.78, 5) is 15.4. The highest BCUT2D eigenvalue weighted by molar-refractivity contribution is 5.51. The molecule has 0 radical (unpaired) electrons. The lowest BCUT2D eigenvalue weighted by atomic mass is 9.68. The van der Waals surface area contributed by atoms with E-state index in [2.05, 4.69) is 15.1 Å². The first kappa shape index (κ1) is 15.8. The number of benzene rings is 1. The van der Waals surface area contributed by atoms with Gasteiger partial charge in [-0.3, -0.25) is 15.0 Å². The number of hydrogen-bond donors (Lipinski definition) is 1. The van der Waals surface area contributed by atoms with Crippen molar-refractivity contribution in [2.45, 2.75) is 31.7 Å². The predicted octanol–water partition coefficient (Wildman–Crippen LogP) is 2.25. The first-order valence-electron chi connectivity index (χ1n) is 9.09. The Bertz CT molecular complexity index is 582. The number of piperazine rings is 1. The third-order valence-electron chi connectivity index (χ3n) is 6.27. The number of rotatable bonds is 3. The molecule has 4 rings (SSSR count). The number of hydrogen-bond acceptors (Lipinski definition) is 5. The van der Waals surface area contributed by atoms with Crippen molar-refractivity contribution >= 4 is 11.4 Å². The molecule has 0 aromatic heterocycles. The average Bonchev–Trinajstić information content (AvgIpc) is 2.61. The molecule has 1 aromatic carbocycles. The van der Waals surface area contributed by atoms with Gasteiger partial charge in [-0.1, -0.05) is 0 Å². The molecule has 1 spiro atoms. The third-order valence-corrected chi connectivity index (χ3v) is 6.27. The zero-order valence-corrected chi connectivity index (χ0v) is 14.1. The van der Waals surface area contributed by atoms with E-state index in [1.807, 2.05) is 12.1 Å². The maximum absolute atomic E-state index is 10.8. The molecule has 1 aromatic rings. The number of nitro groups is 1. The van der Waals surface area contributed by atoms with Crippen molar-refractivity contribution in [3.05, 3.63) is 34.4 Å². The number of non-ortho nitro benzene ring substituents is 1. The summed E-state index contributed by atoms with van der Waals surface area (Å²) in [5, 5.41) is 14.2. The van der Waals surface area contributed by atoms with Crippen molar-refractivity contribution in [3.8, 4) is 0 Å². The summed E-state index contributed by atoms with van der Waals surface area (Å²) < 4.78 is 0. The fourth-order valence-electron chi connectivity index (χ4n) is 4.54. The number of anilines is 1. The zero-order chi connectivity index (χ0) is 16.6. The van der Waals surface area contributed by atoms with Gasteiger partial charge in [-0.05, 0) is 43.2 Å². The number of nitrogens with zero attached hydrogens (tertiary/aromatic N) is 3. The maximum atomic E-state index is 10.8. The zero-order valence-electron chi connectivity index (χ0n) is 14.1. The van der Waals surface area contributed by atoms with Gasteiger partial charge >= 0.3 is 0 Å². The predicted molar refractivity (Wildman–Crippen MR) is 94.4 cm³/mol. The van der Waals surface area contributed by atoms with Crippen LogP contribution in [0.5, 0.6) is 0 Å². The maximum Gasteiger partial charge on any atom is 0.269 e. The van der Waals surface area contributed by atoms with Crippen LogP contribution in [0.25, 0.3) is 0 Å². The Hall–Kier alpha value is -1.66. The Morgan fingerprint density at radius 1 is 1.04 bits per heavy atom. The van der Waals surface area contributed by atoms with E-state index in [0.717, 1.165) is 37.9 Å². The number of nitro benzene ring substituents is 1. The fourth-order valence-corrected chi connectivity index (χ4v) is 4.54. The molecule has 2 saturated heterocycles. The van der Waals surface area contributed by atoms with E-state index in [9.17, 15) is 10.1 Å². The van der Waals surface area contributed by atoms with E-state index in [0.29, 0.717) is 5.41 Å². The van der Waals surface area contributed by atoms with Gasteiger partial charge in [0.2, 0.25) is 0 Å². The van der Waals surface area contributed by atoms with Gasteiger partial charge in [0.25, 0.3) is 5.69 Å². The monoisotopic (exact) mass is 330 g/mol. The average molecular weight is 330 g/mol. The van der Waals surface area contributed by atoms with Gasteiger partial charge in [0.05, 0.1) is 4.92 Å². The number of nitrogens with one attached hydrogen (secondary N) is 1. The lowest BCUT2D eigenvalue weighted by Crippen LogP contribution is -2.58. The van der Waals surface area contributed by atoms with Gasteiger partial charge in [-0.15, -0.1) is 0 Å². The van der Waals surface area contributed by atoms with Gasteiger partial charge in [0.15, 0.2) is 0 Å². The second-order valence-corrected chi connectivity index (χ2v) is 7.63. The normalized spacial score (nSPS) is 24.8. The van der Waals surface area contributed by atoms with Crippen molar-refractivity contribution in [1.82, 2.24) is 10.2 Å². The van der Waals surface area contributed by atoms with Crippen LogP contribution in [0.2, 0.25) is 0 Å². The van der Waals surface area contributed by atoms with Crippen LogP contribution in [0.3, 0.4) is 0 Å². The standard InChI is InChI=1S/C18H26N4O2/c23-22(24)17-3-1-15(2-4-17)20-9-11-21(12-10-20)16-5-7-18(8-6-16)13-19-14-18/h1-4,16,19H,5-14H2. The largest absolute Gasteiger partial charge is 0.369 e. The highest BCUT2D eigenvalue weighted by Gasteiger charge is 2.41. The van der Waals surface area contributed by atoms with Crippen molar-refractivity contribution < 1.29 is 4.92 Å². The molecule has 130 valence electrons. The van der Waals surface area contributed by atoms with Gasteiger partial charge < -0.3 is 10.2 Å². The minimum Gasteiger partial charge on any atom is -0.369 e. The van der Waals surface area contributed by atoms with Crippen LogP contribution < -0.4 is 10.2 Å². The van der Waals surface area contributed by atoms with Crippen LogP contribution in [0.4, 0.5) is 11.4 Å². The molecule has 1 saturated carbocycles. The van der Waals surface area contributed by atoms with Crippen molar-refractivity contribution in [3.63, 3.8) is 0 Å². The second kappa shape index (κ2) is 6.33. The molecule has 0 unspecified atom stereocenters.